The minimum Gasteiger partial charge on any atom is -0.442 e. The van der Waals surface area contributed by atoms with Crippen molar-refractivity contribution in [3.63, 3.8) is 0 Å². The Hall–Kier alpha value is -3.36. The van der Waals surface area contributed by atoms with Gasteiger partial charge in [-0.2, -0.15) is 0 Å². The van der Waals surface area contributed by atoms with E-state index in [1.165, 1.54) is 12.3 Å². The summed E-state index contributed by atoms with van der Waals surface area (Å²) in [6, 6.07) is 6.42. The lowest BCUT2D eigenvalue weighted by atomic mass is 9.66. The number of rotatable bonds is 6. The van der Waals surface area contributed by atoms with Crippen molar-refractivity contribution >= 4 is 11.7 Å². The topological polar surface area (TPSA) is 120 Å². The van der Waals surface area contributed by atoms with Crippen molar-refractivity contribution in [1.29, 1.82) is 0 Å². The number of nitrogens with two attached hydrogens (primary N) is 1. The van der Waals surface area contributed by atoms with Gasteiger partial charge in [0.15, 0.2) is 5.69 Å². The molecule has 3 N–H and O–H groups in total. The van der Waals surface area contributed by atoms with Crippen LogP contribution in [0.15, 0.2) is 41.1 Å². The van der Waals surface area contributed by atoms with Crippen LogP contribution >= 0.6 is 0 Å². The molecule has 3 aromatic heterocycles. The average Bonchev–Trinajstić information content (AvgIpc) is 3.13. The van der Waals surface area contributed by atoms with E-state index in [2.05, 4.69) is 25.5 Å². The molecule has 1 aliphatic carbocycles. The molecule has 4 rings (SSSR count). The van der Waals surface area contributed by atoms with E-state index in [4.69, 9.17) is 10.2 Å². The highest BCUT2D eigenvalue weighted by molar-refractivity contribution is 5.90. The Bertz CT molecular complexity index is 968. The number of pyridine rings is 1. The molecule has 3 aromatic rings. The predicted octanol–water partition coefficient (Wildman–Crippen LogP) is 2.30. The number of nitrogens with one attached hydrogen (secondary N) is 1. The Labute approximate surface area is 154 Å². The van der Waals surface area contributed by atoms with Gasteiger partial charge in [0.05, 0.1) is 5.69 Å². The van der Waals surface area contributed by atoms with Gasteiger partial charge in [-0.05, 0) is 37.1 Å². The number of oxazole rings is 1. The highest BCUT2D eigenvalue weighted by Crippen LogP contribution is 2.43. The van der Waals surface area contributed by atoms with E-state index < -0.39 is 5.91 Å². The summed E-state index contributed by atoms with van der Waals surface area (Å²) < 4.78 is 19.3. The number of halogens is 1. The van der Waals surface area contributed by atoms with E-state index >= 15 is 0 Å². The summed E-state index contributed by atoms with van der Waals surface area (Å²) in [5, 5.41) is 11.4. The van der Waals surface area contributed by atoms with Crippen molar-refractivity contribution in [2.45, 2.75) is 24.7 Å². The molecule has 0 radical (unpaired) electrons. The summed E-state index contributed by atoms with van der Waals surface area (Å²) in [5.74, 6) is -0.254. The Balaban J connectivity index is 1.47. The molecule has 1 saturated carbocycles. The number of primary amides is 1. The first-order chi connectivity index (χ1) is 13.1. The quantitative estimate of drug-likeness (QED) is 0.685. The van der Waals surface area contributed by atoms with Crippen molar-refractivity contribution in [3.05, 3.63) is 53.9 Å². The molecule has 0 unspecified atom stereocenters. The van der Waals surface area contributed by atoms with E-state index in [9.17, 15) is 9.18 Å². The van der Waals surface area contributed by atoms with Crippen LogP contribution in [0.3, 0.4) is 0 Å². The van der Waals surface area contributed by atoms with E-state index in [1.807, 2.05) is 0 Å². The Morgan fingerprint density at radius 3 is 2.74 bits per heavy atom. The maximum Gasteiger partial charge on any atom is 0.270 e. The van der Waals surface area contributed by atoms with Crippen molar-refractivity contribution in [3.8, 4) is 11.6 Å². The monoisotopic (exact) mass is 368 g/mol. The Morgan fingerprint density at radius 1 is 1.30 bits per heavy atom. The second-order valence-corrected chi connectivity index (χ2v) is 6.53. The molecule has 0 spiro atoms. The van der Waals surface area contributed by atoms with Gasteiger partial charge in [0.2, 0.25) is 5.89 Å². The number of aromatic nitrogens is 4. The average molecular weight is 368 g/mol. The van der Waals surface area contributed by atoms with Crippen LogP contribution in [0.1, 0.15) is 35.4 Å². The first kappa shape index (κ1) is 17.1. The lowest BCUT2D eigenvalue weighted by Gasteiger charge is -2.41. The standard InChI is InChI=1S/C18H17FN6O2/c19-11-3-1-8-21-15(11)18(6-2-7-18)10-22-14-5-4-12(24-25-14)17-23-13(9-27-17)16(20)26/h1,3-5,8-9H,2,6-7,10H2,(H2,20,26)(H,22,25). The van der Waals surface area contributed by atoms with Crippen LogP contribution in [0.5, 0.6) is 0 Å². The maximum atomic E-state index is 14.2. The molecule has 0 saturated heterocycles. The summed E-state index contributed by atoms with van der Waals surface area (Å²) >= 11 is 0. The van der Waals surface area contributed by atoms with E-state index in [0.29, 0.717) is 23.8 Å². The largest absolute Gasteiger partial charge is 0.442 e. The number of hydrogen-bond acceptors (Lipinski definition) is 7. The lowest BCUT2D eigenvalue weighted by Crippen LogP contribution is -2.42. The maximum absolute atomic E-state index is 14.2. The third kappa shape index (κ3) is 3.23. The van der Waals surface area contributed by atoms with Crippen LogP contribution < -0.4 is 11.1 Å². The Kier molecular flexibility index (Phi) is 4.27. The van der Waals surface area contributed by atoms with Gasteiger partial charge in [-0.1, -0.05) is 6.42 Å². The van der Waals surface area contributed by atoms with Crippen LogP contribution in [-0.2, 0) is 5.41 Å². The van der Waals surface area contributed by atoms with Crippen molar-refractivity contribution in [2.24, 2.45) is 5.73 Å². The second-order valence-electron chi connectivity index (χ2n) is 6.53. The molecule has 0 atom stereocenters. The summed E-state index contributed by atoms with van der Waals surface area (Å²) in [6.45, 7) is 0.514. The lowest BCUT2D eigenvalue weighted by molar-refractivity contribution is 0.0995. The number of carbonyl (C=O) groups is 1. The predicted molar refractivity (Wildman–Crippen MR) is 94.3 cm³/mol. The second kappa shape index (κ2) is 6.75. The van der Waals surface area contributed by atoms with Crippen LogP contribution in [0.25, 0.3) is 11.6 Å². The number of anilines is 1. The first-order valence-electron chi connectivity index (χ1n) is 8.52. The van der Waals surface area contributed by atoms with Crippen molar-refractivity contribution < 1.29 is 13.6 Å². The zero-order valence-electron chi connectivity index (χ0n) is 14.4. The fraction of sp³-hybridized carbons (Fsp3) is 0.278. The SMILES string of the molecule is NC(=O)c1coc(-c2ccc(NCC3(c4ncccc4F)CCC3)nn2)n1. The van der Waals surface area contributed by atoms with E-state index in [0.717, 1.165) is 19.3 Å². The number of carbonyl (C=O) groups excluding carboxylic acids is 1. The van der Waals surface area contributed by atoms with Crippen molar-refractivity contribution in [2.75, 3.05) is 11.9 Å². The molecular weight excluding hydrogens is 351 g/mol. The molecule has 1 fully saturated rings. The summed E-state index contributed by atoms with van der Waals surface area (Å²) in [7, 11) is 0. The fourth-order valence-electron chi connectivity index (χ4n) is 3.18. The minimum atomic E-state index is -0.677. The highest BCUT2D eigenvalue weighted by Gasteiger charge is 2.41. The van der Waals surface area contributed by atoms with Gasteiger partial charge >= 0.3 is 0 Å². The summed E-state index contributed by atoms with van der Waals surface area (Å²) in [4.78, 5) is 19.3. The normalized spacial score (nSPS) is 15.1. The number of nitrogens with zero attached hydrogens (tertiary/aromatic N) is 4. The van der Waals surface area contributed by atoms with Gasteiger partial charge in [-0.15, -0.1) is 10.2 Å². The van der Waals surface area contributed by atoms with Gasteiger partial charge in [0.25, 0.3) is 5.91 Å². The molecule has 0 bridgehead atoms. The van der Waals surface area contributed by atoms with E-state index in [1.54, 1.807) is 24.4 Å². The number of amides is 1. The van der Waals surface area contributed by atoms with Gasteiger partial charge in [-0.3, -0.25) is 9.78 Å². The molecule has 9 heteroatoms. The highest BCUT2D eigenvalue weighted by atomic mass is 19.1. The van der Waals surface area contributed by atoms with Crippen LogP contribution in [0.2, 0.25) is 0 Å². The zero-order chi connectivity index (χ0) is 18.9. The molecule has 1 amide bonds. The van der Waals surface area contributed by atoms with Crippen LogP contribution in [-0.4, -0.2) is 32.6 Å². The minimum absolute atomic E-state index is 0.0262. The molecule has 0 aromatic carbocycles. The molecule has 0 aliphatic heterocycles. The van der Waals surface area contributed by atoms with Crippen LogP contribution in [0.4, 0.5) is 10.2 Å². The van der Waals surface area contributed by atoms with Gasteiger partial charge in [0, 0.05) is 18.2 Å². The molecule has 27 heavy (non-hydrogen) atoms. The fourth-order valence-corrected chi connectivity index (χ4v) is 3.18. The smallest absolute Gasteiger partial charge is 0.270 e. The molecule has 3 heterocycles. The summed E-state index contributed by atoms with van der Waals surface area (Å²) in [5.41, 5.74) is 5.71. The third-order valence-electron chi connectivity index (χ3n) is 4.82. The van der Waals surface area contributed by atoms with Crippen LogP contribution in [0, 0.1) is 5.82 Å². The van der Waals surface area contributed by atoms with Crippen molar-refractivity contribution in [1.82, 2.24) is 20.2 Å². The van der Waals surface area contributed by atoms with Gasteiger partial charge in [-0.25, -0.2) is 9.37 Å². The number of hydrogen-bond donors (Lipinski definition) is 2. The molecule has 8 nitrogen and oxygen atoms in total. The third-order valence-corrected chi connectivity index (χ3v) is 4.82. The first-order valence-corrected chi connectivity index (χ1v) is 8.52. The zero-order valence-corrected chi connectivity index (χ0v) is 14.4. The summed E-state index contributed by atoms with van der Waals surface area (Å²) in [6.07, 6.45) is 5.56. The molecule has 138 valence electrons. The van der Waals surface area contributed by atoms with Gasteiger partial charge < -0.3 is 15.5 Å². The molecule has 1 aliphatic rings. The Morgan fingerprint density at radius 2 is 2.15 bits per heavy atom. The molecular formula is C18H17FN6O2. The van der Waals surface area contributed by atoms with Gasteiger partial charge in [0.1, 0.15) is 23.6 Å². The van der Waals surface area contributed by atoms with E-state index in [-0.39, 0.29) is 22.8 Å².